The van der Waals surface area contributed by atoms with Gasteiger partial charge < -0.3 is 20.6 Å². The Morgan fingerprint density at radius 1 is 1.09 bits per heavy atom. The number of rotatable bonds is 6. The van der Waals surface area contributed by atoms with E-state index < -0.39 is 11.6 Å². The number of H-pyrrole nitrogens is 1. The summed E-state index contributed by atoms with van der Waals surface area (Å²) in [6, 6.07) is 6.62. The summed E-state index contributed by atoms with van der Waals surface area (Å²) in [5.74, 6) is -0.0842. The second-order valence-electron chi connectivity index (χ2n) is 10.7. The number of likely N-dealkylation sites (tertiary alicyclic amines) is 1. The number of aryl methyl sites for hydroxylation is 2. The van der Waals surface area contributed by atoms with Gasteiger partial charge in [0.15, 0.2) is 0 Å². The molecule has 0 radical (unpaired) electrons. The monoisotopic (exact) mass is 481 g/mol. The summed E-state index contributed by atoms with van der Waals surface area (Å²) in [4.78, 5) is 28.4. The van der Waals surface area contributed by atoms with E-state index in [1.54, 1.807) is 18.7 Å². The predicted octanol–water partition coefficient (Wildman–Crippen LogP) is 4.53. The molecule has 2 heterocycles. The molecule has 0 bridgehead atoms. The second-order valence-corrected chi connectivity index (χ2v) is 10.7. The minimum atomic E-state index is -0.982. The lowest BCUT2D eigenvalue weighted by Crippen LogP contribution is -2.57. The molecule has 4 N–H and O–H groups in total. The maximum absolute atomic E-state index is 13.5. The number of hydrogen-bond acceptors (Lipinski definition) is 4. The Bertz CT molecular complexity index is 1010. The van der Waals surface area contributed by atoms with Crippen molar-refractivity contribution < 1.29 is 14.7 Å². The van der Waals surface area contributed by atoms with E-state index in [1.165, 1.54) is 6.42 Å². The van der Waals surface area contributed by atoms with Crippen molar-refractivity contribution in [2.45, 2.75) is 90.3 Å². The van der Waals surface area contributed by atoms with Crippen LogP contribution < -0.4 is 10.6 Å². The summed E-state index contributed by atoms with van der Waals surface area (Å²) in [6.45, 7) is 8.03. The molecule has 8 heteroatoms. The average molecular weight is 482 g/mol. The maximum atomic E-state index is 13.5. The number of nitrogens with one attached hydrogen (secondary N) is 3. The molecule has 3 amide bonds. The first kappa shape index (κ1) is 25.2. The molecular formula is C27H39N5O3. The minimum absolute atomic E-state index is 0.103. The number of aromatic nitrogens is 2. The van der Waals surface area contributed by atoms with Crippen LogP contribution in [0.4, 0.5) is 10.5 Å². The zero-order valence-electron chi connectivity index (χ0n) is 21.4. The van der Waals surface area contributed by atoms with Gasteiger partial charge in [0.2, 0.25) is 5.91 Å². The third-order valence-electron chi connectivity index (χ3n) is 7.58. The van der Waals surface area contributed by atoms with E-state index in [2.05, 4.69) is 20.8 Å². The lowest BCUT2D eigenvalue weighted by molar-refractivity contribution is -0.119. The standard InChI is InChI=1S/C27H39N5O3/c1-17-23(18(2)31-30-17)19-12-14-21(15-13-19)28-25(33)24(20-9-6-5-7-10-20)29-26(34)32-16-8-11-22(32)27(3,4)35/h12-15,20,22,24,35H,5-11,16H2,1-4H3,(H,28,33)(H,29,34)(H,30,31)/t22?,24-/m0/s1. The van der Waals surface area contributed by atoms with Crippen molar-refractivity contribution in [1.29, 1.82) is 0 Å². The molecule has 190 valence electrons. The molecule has 1 saturated heterocycles. The van der Waals surface area contributed by atoms with Crippen LogP contribution in [-0.4, -0.2) is 56.4 Å². The molecule has 1 saturated carbocycles. The molecule has 2 aliphatic rings. The number of amides is 3. The van der Waals surface area contributed by atoms with Crippen LogP contribution in [0.5, 0.6) is 0 Å². The first-order valence-electron chi connectivity index (χ1n) is 12.9. The van der Waals surface area contributed by atoms with Crippen molar-refractivity contribution in [2.24, 2.45) is 5.92 Å². The van der Waals surface area contributed by atoms with Crippen molar-refractivity contribution in [3.05, 3.63) is 35.7 Å². The van der Waals surface area contributed by atoms with Gasteiger partial charge in [-0.15, -0.1) is 0 Å². The molecule has 1 aromatic heterocycles. The molecule has 2 fully saturated rings. The van der Waals surface area contributed by atoms with Gasteiger partial charge >= 0.3 is 6.03 Å². The quantitative estimate of drug-likeness (QED) is 0.486. The topological polar surface area (TPSA) is 110 Å². The Morgan fingerprint density at radius 3 is 2.37 bits per heavy atom. The SMILES string of the molecule is Cc1n[nH]c(C)c1-c1ccc(NC(=O)[C@@H](NC(=O)N2CCCC2C(C)(C)O)C2CCCCC2)cc1. The van der Waals surface area contributed by atoms with Crippen molar-refractivity contribution in [2.75, 3.05) is 11.9 Å². The average Bonchev–Trinajstić information content (AvgIpc) is 3.45. The fourth-order valence-corrected chi connectivity index (χ4v) is 5.74. The first-order valence-corrected chi connectivity index (χ1v) is 12.9. The first-order chi connectivity index (χ1) is 16.6. The van der Waals surface area contributed by atoms with E-state index in [4.69, 9.17) is 0 Å². The van der Waals surface area contributed by atoms with Gasteiger partial charge in [0.1, 0.15) is 6.04 Å². The molecule has 4 rings (SSSR count). The zero-order valence-corrected chi connectivity index (χ0v) is 21.4. The summed E-state index contributed by atoms with van der Waals surface area (Å²) < 4.78 is 0. The highest BCUT2D eigenvalue weighted by atomic mass is 16.3. The predicted molar refractivity (Wildman–Crippen MR) is 137 cm³/mol. The number of nitrogens with zero attached hydrogens (tertiary/aromatic N) is 2. The Balaban J connectivity index is 1.48. The second kappa shape index (κ2) is 10.4. The number of aliphatic hydroxyl groups is 1. The van der Waals surface area contributed by atoms with E-state index in [9.17, 15) is 14.7 Å². The number of aromatic amines is 1. The number of urea groups is 1. The van der Waals surface area contributed by atoms with Gasteiger partial charge in [-0.1, -0.05) is 31.4 Å². The van der Waals surface area contributed by atoms with Crippen LogP contribution in [0, 0.1) is 19.8 Å². The molecule has 0 spiro atoms. The third-order valence-corrected chi connectivity index (χ3v) is 7.58. The van der Waals surface area contributed by atoms with Crippen molar-refractivity contribution in [1.82, 2.24) is 20.4 Å². The van der Waals surface area contributed by atoms with Gasteiger partial charge in [0.25, 0.3) is 0 Å². The van der Waals surface area contributed by atoms with Crippen LogP contribution in [0.15, 0.2) is 24.3 Å². The summed E-state index contributed by atoms with van der Waals surface area (Å²) in [7, 11) is 0. The number of benzene rings is 1. The number of anilines is 1. The van der Waals surface area contributed by atoms with Gasteiger partial charge in [-0.2, -0.15) is 5.10 Å². The van der Waals surface area contributed by atoms with E-state index in [-0.39, 0.29) is 23.9 Å². The third kappa shape index (κ3) is 5.69. The van der Waals surface area contributed by atoms with Crippen molar-refractivity contribution in [3.63, 3.8) is 0 Å². The van der Waals surface area contributed by atoms with Crippen LogP contribution >= 0.6 is 0 Å². The van der Waals surface area contributed by atoms with Gasteiger partial charge in [0, 0.05) is 23.5 Å². The van der Waals surface area contributed by atoms with E-state index in [0.29, 0.717) is 12.2 Å². The normalized spacial score (nSPS) is 20.0. The van der Waals surface area contributed by atoms with E-state index in [1.807, 2.05) is 38.1 Å². The lowest BCUT2D eigenvalue weighted by Gasteiger charge is -2.36. The fourth-order valence-electron chi connectivity index (χ4n) is 5.74. The highest BCUT2D eigenvalue weighted by Gasteiger charge is 2.40. The van der Waals surface area contributed by atoms with Crippen LogP contribution in [0.2, 0.25) is 0 Å². The van der Waals surface area contributed by atoms with Crippen LogP contribution in [-0.2, 0) is 4.79 Å². The summed E-state index contributed by atoms with van der Waals surface area (Å²) in [5, 5.41) is 23.9. The highest BCUT2D eigenvalue weighted by Crippen LogP contribution is 2.30. The molecule has 35 heavy (non-hydrogen) atoms. The van der Waals surface area contributed by atoms with Gasteiger partial charge in [-0.05, 0) is 77.0 Å². The van der Waals surface area contributed by atoms with Crippen LogP contribution in [0.3, 0.4) is 0 Å². The smallest absolute Gasteiger partial charge is 0.318 e. The Kier molecular flexibility index (Phi) is 7.50. The molecule has 2 aromatic rings. The van der Waals surface area contributed by atoms with Gasteiger partial charge in [-0.25, -0.2) is 4.79 Å². The summed E-state index contributed by atoms with van der Waals surface area (Å²) in [6.07, 6.45) is 6.76. The highest BCUT2D eigenvalue weighted by molar-refractivity contribution is 5.97. The Hall–Kier alpha value is -2.87. The summed E-state index contributed by atoms with van der Waals surface area (Å²) >= 11 is 0. The molecule has 1 aromatic carbocycles. The van der Waals surface area contributed by atoms with Crippen LogP contribution in [0.25, 0.3) is 11.1 Å². The van der Waals surface area contributed by atoms with Crippen molar-refractivity contribution in [3.8, 4) is 11.1 Å². The largest absolute Gasteiger partial charge is 0.388 e. The van der Waals surface area contributed by atoms with Gasteiger partial charge in [0.05, 0.1) is 17.3 Å². The van der Waals surface area contributed by atoms with E-state index in [0.717, 1.165) is 61.0 Å². The van der Waals surface area contributed by atoms with Crippen LogP contribution in [0.1, 0.15) is 70.2 Å². The number of carbonyl (C=O) groups excluding carboxylic acids is 2. The molecular weight excluding hydrogens is 442 g/mol. The molecule has 1 aliphatic carbocycles. The van der Waals surface area contributed by atoms with Crippen molar-refractivity contribution >= 4 is 17.6 Å². The Labute approximate surface area is 207 Å². The minimum Gasteiger partial charge on any atom is -0.388 e. The Morgan fingerprint density at radius 2 is 1.77 bits per heavy atom. The maximum Gasteiger partial charge on any atom is 0.318 e. The molecule has 1 aliphatic heterocycles. The lowest BCUT2D eigenvalue weighted by atomic mass is 9.83. The molecule has 8 nitrogen and oxygen atoms in total. The van der Waals surface area contributed by atoms with Gasteiger partial charge in [-0.3, -0.25) is 9.89 Å². The number of hydrogen-bond donors (Lipinski definition) is 4. The zero-order chi connectivity index (χ0) is 25.2. The molecule has 1 unspecified atom stereocenters. The summed E-state index contributed by atoms with van der Waals surface area (Å²) in [5.41, 5.74) is 3.77. The molecule has 2 atom stereocenters. The van der Waals surface area contributed by atoms with E-state index >= 15 is 0 Å². The number of carbonyl (C=O) groups is 2. The fraction of sp³-hybridized carbons (Fsp3) is 0.593.